The van der Waals surface area contributed by atoms with Gasteiger partial charge in [-0.1, -0.05) is 0 Å². The second-order valence-corrected chi connectivity index (χ2v) is 3.66. The minimum atomic E-state index is -0.593. The molecule has 5 heteroatoms. The molecule has 2 rings (SSSR count). The van der Waals surface area contributed by atoms with Gasteiger partial charge in [0.05, 0.1) is 19.1 Å². The second kappa shape index (κ2) is 4.38. The first-order valence-electron chi connectivity index (χ1n) is 5.20. The van der Waals surface area contributed by atoms with E-state index in [4.69, 9.17) is 9.15 Å². The van der Waals surface area contributed by atoms with E-state index in [1.807, 2.05) is 0 Å². The zero-order valence-electron chi connectivity index (χ0n) is 8.93. The first kappa shape index (κ1) is 10.7. The lowest BCUT2D eigenvalue weighted by Gasteiger charge is -2.15. The van der Waals surface area contributed by atoms with Crippen LogP contribution in [0.15, 0.2) is 23.0 Å². The Hall–Kier alpha value is -1.78. The minimum Gasteiger partial charge on any atom is -0.472 e. The van der Waals surface area contributed by atoms with Crippen LogP contribution in [0.3, 0.4) is 0 Å². The Morgan fingerprint density at radius 3 is 3.12 bits per heavy atom. The Balaban J connectivity index is 2.16. The molecule has 0 saturated carbocycles. The largest absolute Gasteiger partial charge is 0.472 e. The molecule has 16 heavy (non-hydrogen) atoms. The number of hydrogen-bond acceptors (Lipinski definition) is 4. The number of carbonyl (C=O) groups is 2. The summed E-state index contributed by atoms with van der Waals surface area (Å²) in [6.07, 6.45) is 3.38. The van der Waals surface area contributed by atoms with E-state index >= 15 is 0 Å². The molecule has 0 aromatic carbocycles. The van der Waals surface area contributed by atoms with Crippen LogP contribution in [0.25, 0.3) is 0 Å². The van der Waals surface area contributed by atoms with Gasteiger partial charge in [0.1, 0.15) is 6.04 Å². The summed E-state index contributed by atoms with van der Waals surface area (Å²) >= 11 is 0. The molecule has 2 atom stereocenters. The summed E-state index contributed by atoms with van der Waals surface area (Å²) in [5, 5.41) is 2.62. The molecule has 1 fully saturated rings. The van der Waals surface area contributed by atoms with E-state index < -0.39 is 6.04 Å². The summed E-state index contributed by atoms with van der Waals surface area (Å²) in [7, 11) is 0. The summed E-state index contributed by atoms with van der Waals surface area (Å²) in [6, 6.07) is 1.17. The first-order chi connectivity index (χ1) is 7.72. The van der Waals surface area contributed by atoms with Crippen molar-refractivity contribution < 1.29 is 18.7 Å². The summed E-state index contributed by atoms with van der Waals surface area (Å²) in [5.74, 6) is -0.714. The SMILES string of the molecule is CCOC(=O)C1NC(=O)CC1c1ccoc1. The quantitative estimate of drug-likeness (QED) is 0.770. The van der Waals surface area contributed by atoms with Gasteiger partial charge in [-0.2, -0.15) is 0 Å². The monoisotopic (exact) mass is 223 g/mol. The number of hydrogen-bond donors (Lipinski definition) is 1. The molecule has 0 radical (unpaired) electrons. The Bertz CT molecular complexity index is 385. The fraction of sp³-hybridized carbons (Fsp3) is 0.455. The van der Waals surface area contributed by atoms with E-state index in [1.165, 1.54) is 6.26 Å². The number of esters is 1. The van der Waals surface area contributed by atoms with E-state index in [-0.39, 0.29) is 17.8 Å². The van der Waals surface area contributed by atoms with Gasteiger partial charge in [-0.25, -0.2) is 4.79 Å². The molecule has 1 aliphatic heterocycles. The Morgan fingerprint density at radius 1 is 1.69 bits per heavy atom. The summed E-state index contributed by atoms with van der Waals surface area (Å²) in [4.78, 5) is 22.9. The van der Waals surface area contributed by atoms with Crippen molar-refractivity contribution in [3.05, 3.63) is 24.2 Å². The van der Waals surface area contributed by atoms with Crippen molar-refractivity contribution in [2.24, 2.45) is 0 Å². The summed E-state index contributed by atoms with van der Waals surface area (Å²) in [6.45, 7) is 2.05. The Morgan fingerprint density at radius 2 is 2.50 bits per heavy atom. The van der Waals surface area contributed by atoms with Crippen LogP contribution in [0, 0.1) is 0 Å². The Kier molecular flexibility index (Phi) is 2.94. The highest BCUT2D eigenvalue weighted by Gasteiger charge is 2.39. The number of amides is 1. The lowest BCUT2D eigenvalue weighted by atomic mass is 9.94. The van der Waals surface area contributed by atoms with Crippen molar-refractivity contribution in [2.75, 3.05) is 6.61 Å². The molecule has 1 aromatic heterocycles. The van der Waals surface area contributed by atoms with Crippen LogP contribution < -0.4 is 5.32 Å². The van der Waals surface area contributed by atoms with Crippen molar-refractivity contribution in [1.29, 1.82) is 0 Å². The third kappa shape index (κ3) is 1.93. The van der Waals surface area contributed by atoms with E-state index in [9.17, 15) is 9.59 Å². The molecule has 0 aliphatic carbocycles. The van der Waals surface area contributed by atoms with Gasteiger partial charge < -0.3 is 14.5 Å². The molecule has 1 aliphatic rings. The third-order valence-electron chi connectivity index (χ3n) is 2.64. The van der Waals surface area contributed by atoms with Crippen molar-refractivity contribution in [1.82, 2.24) is 5.32 Å². The number of ether oxygens (including phenoxy) is 1. The van der Waals surface area contributed by atoms with Gasteiger partial charge in [-0.15, -0.1) is 0 Å². The number of carbonyl (C=O) groups excluding carboxylic acids is 2. The van der Waals surface area contributed by atoms with Gasteiger partial charge in [-0.05, 0) is 18.6 Å². The van der Waals surface area contributed by atoms with Gasteiger partial charge in [0.25, 0.3) is 0 Å². The molecule has 86 valence electrons. The van der Waals surface area contributed by atoms with Gasteiger partial charge in [0, 0.05) is 12.3 Å². The maximum atomic E-state index is 11.6. The highest BCUT2D eigenvalue weighted by molar-refractivity contribution is 5.90. The topological polar surface area (TPSA) is 68.5 Å². The van der Waals surface area contributed by atoms with Crippen LogP contribution in [0.4, 0.5) is 0 Å². The average molecular weight is 223 g/mol. The third-order valence-corrected chi connectivity index (χ3v) is 2.64. The van der Waals surface area contributed by atoms with E-state index in [0.29, 0.717) is 13.0 Å². The normalized spacial score (nSPS) is 24.2. The molecule has 1 saturated heterocycles. The van der Waals surface area contributed by atoms with Crippen LogP contribution in [0.5, 0.6) is 0 Å². The van der Waals surface area contributed by atoms with Gasteiger partial charge in [0.2, 0.25) is 5.91 Å². The minimum absolute atomic E-state index is 0.135. The highest BCUT2D eigenvalue weighted by Crippen LogP contribution is 2.29. The molecule has 2 heterocycles. The molecule has 1 amide bonds. The van der Waals surface area contributed by atoms with Crippen molar-refractivity contribution in [2.45, 2.75) is 25.3 Å². The molecule has 1 N–H and O–H groups in total. The van der Waals surface area contributed by atoms with E-state index in [0.717, 1.165) is 5.56 Å². The molecular weight excluding hydrogens is 210 g/mol. The zero-order chi connectivity index (χ0) is 11.5. The molecule has 2 unspecified atom stereocenters. The van der Waals surface area contributed by atoms with Crippen LogP contribution in [0.1, 0.15) is 24.8 Å². The maximum Gasteiger partial charge on any atom is 0.329 e. The molecule has 0 bridgehead atoms. The first-order valence-corrected chi connectivity index (χ1v) is 5.20. The van der Waals surface area contributed by atoms with Crippen LogP contribution >= 0.6 is 0 Å². The molecular formula is C11H13NO4. The molecule has 5 nitrogen and oxygen atoms in total. The molecule has 0 spiro atoms. The fourth-order valence-corrected chi connectivity index (χ4v) is 1.90. The van der Waals surface area contributed by atoms with Gasteiger partial charge in [-0.3, -0.25) is 4.79 Å². The van der Waals surface area contributed by atoms with Crippen molar-refractivity contribution >= 4 is 11.9 Å². The maximum absolute atomic E-state index is 11.6. The van der Waals surface area contributed by atoms with Crippen molar-refractivity contribution in [3.8, 4) is 0 Å². The smallest absolute Gasteiger partial charge is 0.329 e. The van der Waals surface area contributed by atoms with E-state index in [2.05, 4.69) is 5.32 Å². The van der Waals surface area contributed by atoms with Crippen LogP contribution in [0.2, 0.25) is 0 Å². The summed E-state index contributed by atoms with van der Waals surface area (Å²) < 4.78 is 9.88. The standard InChI is InChI=1S/C11H13NO4/c1-2-16-11(14)10-8(5-9(13)12-10)7-3-4-15-6-7/h3-4,6,8,10H,2,5H2,1H3,(H,12,13). The zero-order valence-corrected chi connectivity index (χ0v) is 8.93. The van der Waals surface area contributed by atoms with Gasteiger partial charge in [0.15, 0.2) is 0 Å². The Labute approximate surface area is 92.8 Å². The van der Waals surface area contributed by atoms with Crippen LogP contribution in [-0.2, 0) is 14.3 Å². The van der Waals surface area contributed by atoms with Crippen molar-refractivity contribution in [3.63, 3.8) is 0 Å². The predicted octanol–water partition coefficient (Wildman–Crippen LogP) is 0.815. The van der Waals surface area contributed by atoms with Gasteiger partial charge >= 0.3 is 5.97 Å². The number of furan rings is 1. The number of nitrogens with one attached hydrogen (secondary N) is 1. The summed E-state index contributed by atoms with van der Waals surface area (Å²) in [5.41, 5.74) is 0.844. The molecule has 1 aromatic rings. The number of rotatable bonds is 3. The lowest BCUT2D eigenvalue weighted by molar-refractivity contribution is -0.146. The second-order valence-electron chi connectivity index (χ2n) is 3.66. The lowest BCUT2D eigenvalue weighted by Crippen LogP contribution is -2.37. The average Bonchev–Trinajstić information content (AvgIpc) is 2.85. The fourth-order valence-electron chi connectivity index (χ4n) is 1.90. The van der Waals surface area contributed by atoms with Crippen LogP contribution in [-0.4, -0.2) is 24.5 Å². The van der Waals surface area contributed by atoms with E-state index in [1.54, 1.807) is 19.3 Å². The predicted molar refractivity (Wildman–Crippen MR) is 54.6 cm³/mol. The highest BCUT2D eigenvalue weighted by atomic mass is 16.5.